The van der Waals surface area contributed by atoms with Gasteiger partial charge in [-0.2, -0.15) is 0 Å². The molecule has 0 aliphatic carbocycles. The van der Waals surface area contributed by atoms with E-state index in [1.165, 1.54) is 36.0 Å². The maximum absolute atomic E-state index is 13.3. The van der Waals surface area contributed by atoms with Crippen LogP contribution in [0.3, 0.4) is 0 Å². The molecule has 1 heterocycles. The largest absolute Gasteiger partial charge is 0.269 e. The van der Waals surface area contributed by atoms with Gasteiger partial charge in [0.2, 0.25) is 0 Å². The van der Waals surface area contributed by atoms with Gasteiger partial charge in [0.1, 0.15) is 0 Å². The van der Waals surface area contributed by atoms with E-state index in [0.717, 1.165) is 9.80 Å². The highest BCUT2D eigenvalue weighted by Crippen LogP contribution is 2.40. The van der Waals surface area contributed by atoms with Crippen LogP contribution < -0.4 is 0 Å². The lowest BCUT2D eigenvalue weighted by atomic mass is 10.1. The van der Waals surface area contributed by atoms with Crippen molar-refractivity contribution in [3.8, 4) is 0 Å². The molecular formula is C23H15ClN2O4S. The van der Waals surface area contributed by atoms with Gasteiger partial charge in [0, 0.05) is 22.1 Å². The number of nitro benzene ring substituents is 1. The topological polar surface area (TPSA) is 80.5 Å². The van der Waals surface area contributed by atoms with Crippen LogP contribution in [0.2, 0.25) is 5.02 Å². The first kappa shape index (κ1) is 20.8. The van der Waals surface area contributed by atoms with E-state index < -0.39 is 16.7 Å². The number of hydrogen-bond donors (Lipinski definition) is 0. The smallest absolute Gasteiger partial charge is 0.269 e. The molecule has 31 heavy (non-hydrogen) atoms. The number of carbonyl (C=O) groups excluding carboxylic acids is 2. The molecule has 0 atom stereocenters. The number of imide groups is 1. The van der Waals surface area contributed by atoms with Gasteiger partial charge in [0.25, 0.3) is 17.5 Å². The first-order valence-corrected chi connectivity index (χ1v) is 10.5. The van der Waals surface area contributed by atoms with Crippen LogP contribution in [0.5, 0.6) is 0 Å². The molecule has 8 heteroatoms. The quantitative estimate of drug-likeness (QED) is 0.288. The third-order valence-corrected chi connectivity index (χ3v) is 6.20. The minimum atomic E-state index is -0.511. The maximum atomic E-state index is 13.3. The number of halogens is 1. The van der Waals surface area contributed by atoms with Crippen LogP contribution in [0.1, 0.15) is 11.1 Å². The van der Waals surface area contributed by atoms with Crippen molar-refractivity contribution in [3.63, 3.8) is 0 Å². The number of benzene rings is 3. The summed E-state index contributed by atoms with van der Waals surface area (Å²) < 4.78 is 0. The molecule has 0 N–H and O–H groups in total. The van der Waals surface area contributed by atoms with Crippen LogP contribution in [0, 0.1) is 10.1 Å². The average Bonchev–Trinajstić information content (AvgIpc) is 3.00. The Labute approximate surface area is 187 Å². The minimum absolute atomic E-state index is 0.0344. The first-order chi connectivity index (χ1) is 15.0. The van der Waals surface area contributed by atoms with Crippen molar-refractivity contribution in [2.75, 3.05) is 0 Å². The van der Waals surface area contributed by atoms with E-state index in [1.807, 2.05) is 30.3 Å². The molecule has 0 unspecified atom stereocenters. The van der Waals surface area contributed by atoms with Gasteiger partial charge in [-0.3, -0.25) is 24.6 Å². The van der Waals surface area contributed by atoms with Crippen LogP contribution in [-0.2, 0) is 16.1 Å². The predicted octanol–water partition coefficient (Wildman–Crippen LogP) is 5.32. The Morgan fingerprint density at radius 1 is 0.871 bits per heavy atom. The second-order valence-corrected chi connectivity index (χ2v) is 8.20. The number of non-ortho nitro benzene ring substituents is 1. The van der Waals surface area contributed by atoms with E-state index in [-0.39, 0.29) is 22.7 Å². The Hall–Kier alpha value is -3.42. The zero-order chi connectivity index (χ0) is 22.0. The second kappa shape index (κ2) is 8.75. The molecule has 0 aromatic heterocycles. The fourth-order valence-corrected chi connectivity index (χ4v) is 4.43. The zero-order valence-electron chi connectivity index (χ0n) is 16.0. The number of nitro groups is 1. The molecule has 1 aliphatic rings. The molecule has 0 radical (unpaired) electrons. The average molecular weight is 451 g/mol. The molecule has 0 fully saturated rings. The maximum Gasteiger partial charge on any atom is 0.269 e. The summed E-state index contributed by atoms with van der Waals surface area (Å²) in [5.74, 6) is -0.885. The monoisotopic (exact) mass is 450 g/mol. The molecule has 0 spiro atoms. The van der Waals surface area contributed by atoms with Gasteiger partial charge in [0.15, 0.2) is 0 Å². The highest BCUT2D eigenvalue weighted by molar-refractivity contribution is 8.04. The van der Waals surface area contributed by atoms with Gasteiger partial charge < -0.3 is 0 Å². The number of thioether (sulfide) groups is 1. The van der Waals surface area contributed by atoms with E-state index in [2.05, 4.69) is 0 Å². The molecular weight excluding hydrogens is 436 g/mol. The summed E-state index contributed by atoms with van der Waals surface area (Å²) in [5, 5.41) is 11.5. The van der Waals surface area contributed by atoms with Crippen molar-refractivity contribution in [3.05, 3.63) is 110 Å². The van der Waals surface area contributed by atoms with Crippen molar-refractivity contribution in [1.82, 2.24) is 4.90 Å². The highest BCUT2D eigenvalue weighted by atomic mass is 35.5. The van der Waals surface area contributed by atoms with Gasteiger partial charge in [-0.05, 0) is 41.5 Å². The molecule has 2 amide bonds. The fourth-order valence-electron chi connectivity index (χ4n) is 3.20. The van der Waals surface area contributed by atoms with Crippen molar-refractivity contribution in [1.29, 1.82) is 0 Å². The highest BCUT2D eigenvalue weighted by Gasteiger charge is 2.39. The molecule has 3 aromatic carbocycles. The normalized spacial score (nSPS) is 13.8. The number of rotatable bonds is 6. The van der Waals surface area contributed by atoms with Gasteiger partial charge >= 0.3 is 0 Å². The molecule has 4 rings (SSSR count). The second-order valence-electron chi connectivity index (χ2n) is 6.71. The lowest BCUT2D eigenvalue weighted by molar-refractivity contribution is -0.384. The van der Waals surface area contributed by atoms with Gasteiger partial charge in [-0.25, -0.2) is 0 Å². The molecule has 0 bridgehead atoms. The molecule has 154 valence electrons. The first-order valence-electron chi connectivity index (χ1n) is 9.27. The fraction of sp³-hybridized carbons (Fsp3) is 0.0435. The Balaban J connectivity index is 1.75. The number of hydrogen-bond acceptors (Lipinski definition) is 5. The van der Waals surface area contributed by atoms with E-state index in [1.54, 1.807) is 24.3 Å². The Morgan fingerprint density at radius 2 is 1.52 bits per heavy atom. The minimum Gasteiger partial charge on any atom is -0.269 e. The lowest BCUT2D eigenvalue weighted by Crippen LogP contribution is -2.31. The molecule has 1 aliphatic heterocycles. The summed E-state index contributed by atoms with van der Waals surface area (Å²) in [4.78, 5) is 39.3. The summed E-state index contributed by atoms with van der Waals surface area (Å²) in [5.41, 5.74) is 1.23. The van der Waals surface area contributed by atoms with Gasteiger partial charge in [-0.1, -0.05) is 59.8 Å². The summed E-state index contributed by atoms with van der Waals surface area (Å²) >= 11 is 7.43. The summed E-state index contributed by atoms with van der Waals surface area (Å²) in [7, 11) is 0. The Kier molecular flexibility index (Phi) is 5.88. The SMILES string of the molecule is O=C1C(Sc2ccccc2)=C(c2ccc([N+](=O)[O-])cc2)C(=O)N1Cc1ccccc1Cl. The summed E-state index contributed by atoms with van der Waals surface area (Å²) in [6.45, 7) is 0.0344. The van der Waals surface area contributed by atoms with E-state index >= 15 is 0 Å². The number of nitrogens with zero attached hydrogens (tertiary/aromatic N) is 2. The third-order valence-electron chi connectivity index (χ3n) is 4.74. The van der Waals surface area contributed by atoms with Gasteiger partial charge in [0.05, 0.1) is 21.9 Å². The van der Waals surface area contributed by atoms with Crippen molar-refractivity contribution in [2.45, 2.75) is 11.4 Å². The standard InChI is InChI=1S/C23H15ClN2O4S/c24-19-9-5-4-6-16(19)14-25-22(27)20(15-10-12-17(13-11-15)26(29)30)21(23(25)28)31-18-7-2-1-3-8-18/h1-13H,14H2. The Bertz CT molecular complexity index is 1210. The Morgan fingerprint density at radius 3 is 2.16 bits per heavy atom. The zero-order valence-corrected chi connectivity index (χ0v) is 17.6. The van der Waals surface area contributed by atoms with E-state index in [9.17, 15) is 19.7 Å². The van der Waals surface area contributed by atoms with E-state index in [0.29, 0.717) is 16.1 Å². The lowest BCUT2D eigenvalue weighted by Gasteiger charge is -2.16. The third kappa shape index (κ3) is 4.23. The molecule has 0 saturated carbocycles. The number of amides is 2. The van der Waals surface area contributed by atoms with Crippen molar-refractivity contribution in [2.24, 2.45) is 0 Å². The van der Waals surface area contributed by atoms with Crippen molar-refractivity contribution < 1.29 is 14.5 Å². The predicted molar refractivity (Wildman–Crippen MR) is 119 cm³/mol. The van der Waals surface area contributed by atoms with Crippen LogP contribution in [0.25, 0.3) is 5.57 Å². The van der Waals surface area contributed by atoms with Crippen LogP contribution in [0.4, 0.5) is 5.69 Å². The van der Waals surface area contributed by atoms with Crippen LogP contribution >= 0.6 is 23.4 Å². The van der Waals surface area contributed by atoms with Crippen LogP contribution in [0.15, 0.2) is 88.7 Å². The van der Waals surface area contributed by atoms with E-state index in [4.69, 9.17) is 11.6 Å². The summed E-state index contributed by atoms with van der Waals surface area (Å²) in [6.07, 6.45) is 0. The van der Waals surface area contributed by atoms with Gasteiger partial charge in [-0.15, -0.1) is 0 Å². The summed E-state index contributed by atoms with van der Waals surface area (Å²) in [6, 6.07) is 21.9. The molecule has 3 aromatic rings. The molecule has 0 saturated heterocycles. The molecule has 6 nitrogen and oxygen atoms in total. The van der Waals surface area contributed by atoms with Crippen LogP contribution in [-0.4, -0.2) is 21.6 Å². The van der Waals surface area contributed by atoms with Crippen molar-refractivity contribution >= 4 is 46.4 Å². The number of carbonyl (C=O) groups is 2.